The van der Waals surface area contributed by atoms with Crippen LogP contribution >= 0.6 is 11.3 Å². The van der Waals surface area contributed by atoms with Crippen LogP contribution in [0.15, 0.2) is 36.0 Å². The summed E-state index contributed by atoms with van der Waals surface area (Å²) in [5.74, 6) is 0. The minimum Gasteiger partial charge on any atom is -0.384 e. The summed E-state index contributed by atoms with van der Waals surface area (Å²) in [6, 6.07) is 6.80. The Hall–Kier alpha value is -1.55. The van der Waals surface area contributed by atoms with Gasteiger partial charge in [-0.1, -0.05) is 13.0 Å². The molecule has 0 saturated carbocycles. The number of rotatable bonds is 7. The van der Waals surface area contributed by atoms with Crippen molar-refractivity contribution in [2.24, 2.45) is 0 Å². The number of nitrogens with zero attached hydrogens (tertiary/aromatic N) is 1. The fourth-order valence-corrected chi connectivity index (χ4v) is 2.79. The van der Waals surface area contributed by atoms with Crippen LogP contribution in [0.25, 0.3) is 0 Å². The van der Waals surface area contributed by atoms with Crippen molar-refractivity contribution in [3.8, 4) is 0 Å². The van der Waals surface area contributed by atoms with Crippen molar-refractivity contribution < 1.29 is 0 Å². The molecule has 1 unspecified atom stereocenters. The molecule has 2 heterocycles. The van der Waals surface area contributed by atoms with Gasteiger partial charge in [0, 0.05) is 23.9 Å². The molecule has 4 heteroatoms. The third-order valence-corrected chi connectivity index (χ3v) is 3.72. The van der Waals surface area contributed by atoms with E-state index < -0.39 is 0 Å². The predicted octanol–water partition coefficient (Wildman–Crippen LogP) is 4.01. The van der Waals surface area contributed by atoms with E-state index in [-0.39, 0.29) is 0 Å². The summed E-state index contributed by atoms with van der Waals surface area (Å²) < 4.78 is 0. The van der Waals surface area contributed by atoms with Gasteiger partial charge in [-0.25, -0.2) is 0 Å². The van der Waals surface area contributed by atoms with Crippen LogP contribution in [0, 0.1) is 0 Å². The molecular weight excluding hydrogens is 254 g/mol. The van der Waals surface area contributed by atoms with Crippen LogP contribution in [-0.2, 0) is 6.42 Å². The molecule has 102 valence electrons. The molecule has 1 atom stereocenters. The molecular formula is C15H21N3S. The third-order valence-electron chi connectivity index (χ3n) is 2.82. The molecule has 19 heavy (non-hydrogen) atoms. The summed E-state index contributed by atoms with van der Waals surface area (Å²) in [5, 5.41) is 8.98. The molecule has 0 aromatic carbocycles. The highest BCUT2D eigenvalue weighted by atomic mass is 32.1. The third kappa shape index (κ3) is 4.56. The Morgan fingerprint density at radius 3 is 2.89 bits per heavy atom. The number of aromatic nitrogens is 1. The van der Waals surface area contributed by atoms with Crippen LogP contribution in [0.3, 0.4) is 0 Å². The number of nitrogens with one attached hydrogen (secondary N) is 2. The number of hydrogen-bond acceptors (Lipinski definition) is 4. The smallest absolute Gasteiger partial charge is 0.0549 e. The summed E-state index contributed by atoms with van der Waals surface area (Å²) in [7, 11) is 0. The van der Waals surface area contributed by atoms with Gasteiger partial charge >= 0.3 is 0 Å². The van der Waals surface area contributed by atoms with E-state index in [1.54, 1.807) is 0 Å². The van der Waals surface area contributed by atoms with Crippen LogP contribution in [0.4, 0.5) is 11.4 Å². The molecule has 0 amide bonds. The Labute approximate surface area is 119 Å². The zero-order valence-corrected chi connectivity index (χ0v) is 12.3. The largest absolute Gasteiger partial charge is 0.384 e. The second kappa shape index (κ2) is 7.14. The van der Waals surface area contributed by atoms with E-state index in [1.165, 1.54) is 4.88 Å². The Morgan fingerprint density at radius 2 is 2.16 bits per heavy atom. The van der Waals surface area contributed by atoms with Crippen molar-refractivity contribution in [3.63, 3.8) is 0 Å². The maximum Gasteiger partial charge on any atom is 0.0549 e. The van der Waals surface area contributed by atoms with Crippen LogP contribution in [0.1, 0.15) is 25.1 Å². The van der Waals surface area contributed by atoms with E-state index >= 15 is 0 Å². The zero-order chi connectivity index (χ0) is 13.5. The van der Waals surface area contributed by atoms with E-state index in [1.807, 2.05) is 23.7 Å². The second-order valence-electron chi connectivity index (χ2n) is 4.72. The zero-order valence-electron chi connectivity index (χ0n) is 11.5. The molecule has 0 aliphatic heterocycles. The van der Waals surface area contributed by atoms with E-state index in [0.717, 1.165) is 30.8 Å². The number of hydrogen-bond donors (Lipinski definition) is 2. The molecule has 3 nitrogen and oxygen atoms in total. The molecule has 0 bridgehead atoms. The Kier molecular flexibility index (Phi) is 5.21. The standard InChI is InChI=1S/C15H21N3S/c1-3-6-17-13-9-14(11-16-10-13)18-12(2)8-15-5-4-7-19-15/h4-5,7,9-12,17-18H,3,6,8H2,1-2H3. The van der Waals surface area contributed by atoms with Crippen LogP contribution < -0.4 is 10.6 Å². The molecule has 2 N–H and O–H groups in total. The fourth-order valence-electron chi connectivity index (χ4n) is 1.95. The van der Waals surface area contributed by atoms with Gasteiger partial charge in [-0.05, 0) is 30.9 Å². The van der Waals surface area contributed by atoms with Gasteiger partial charge in [0.2, 0.25) is 0 Å². The monoisotopic (exact) mass is 275 g/mol. The van der Waals surface area contributed by atoms with Gasteiger partial charge in [-0.3, -0.25) is 4.98 Å². The molecule has 0 radical (unpaired) electrons. The molecule has 2 rings (SSSR count). The molecule has 0 fully saturated rings. The molecule has 0 spiro atoms. The lowest BCUT2D eigenvalue weighted by molar-refractivity contribution is 0.799. The molecule has 2 aromatic heterocycles. The van der Waals surface area contributed by atoms with Gasteiger partial charge in [0.15, 0.2) is 0 Å². The fraction of sp³-hybridized carbons (Fsp3) is 0.400. The second-order valence-corrected chi connectivity index (χ2v) is 5.75. The number of pyridine rings is 1. The first kappa shape index (κ1) is 13.9. The predicted molar refractivity (Wildman–Crippen MR) is 84.1 cm³/mol. The van der Waals surface area contributed by atoms with Gasteiger partial charge in [-0.15, -0.1) is 11.3 Å². The van der Waals surface area contributed by atoms with Crippen LogP contribution in [0.2, 0.25) is 0 Å². The van der Waals surface area contributed by atoms with Gasteiger partial charge in [0.25, 0.3) is 0 Å². The van der Waals surface area contributed by atoms with Crippen molar-refractivity contribution in [2.75, 3.05) is 17.2 Å². The average molecular weight is 275 g/mol. The van der Waals surface area contributed by atoms with Gasteiger partial charge < -0.3 is 10.6 Å². The summed E-state index contributed by atoms with van der Waals surface area (Å²) in [6.45, 7) is 5.34. The SMILES string of the molecule is CCCNc1cncc(NC(C)Cc2cccs2)c1. The average Bonchev–Trinajstić information content (AvgIpc) is 2.89. The van der Waals surface area contributed by atoms with Crippen molar-refractivity contribution in [1.82, 2.24) is 4.98 Å². The maximum absolute atomic E-state index is 4.27. The van der Waals surface area contributed by atoms with Crippen LogP contribution in [-0.4, -0.2) is 17.6 Å². The molecule has 0 saturated heterocycles. The van der Waals surface area contributed by atoms with Crippen molar-refractivity contribution >= 4 is 22.7 Å². The van der Waals surface area contributed by atoms with Crippen molar-refractivity contribution in [2.45, 2.75) is 32.7 Å². The summed E-state index contributed by atoms with van der Waals surface area (Å²) in [6.07, 6.45) is 5.91. The van der Waals surface area contributed by atoms with Crippen LogP contribution in [0.5, 0.6) is 0 Å². The topological polar surface area (TPSA) is 37.0 Å². The minimum atomic E-state index is 0.405. The van der Waals surface area contributed by atoms with E-state index in [2.05, 4.69) is 53.0 Å². The Morgan fingerprint density at radius 1 is 1.32 bits per heavy atom. The lowest BCUT2D eigenvalue weighted by atomic mass is 10.2. The highest BCUT2D eigenvalue weighted by Crippen LogP contribution is 2.17. The highest BCUT2D eigenvalue weighted by Gasteiger charge is 2.05. The van der Waals surface area contributed by atoms with E-state index in [4.69, 9.17) is 0 Å². The minimum absolute atomic E-state index is 0.405. The first-order valence-electron chi connectivity index (χ1n) is 6.75. The van der Waals surface area contributed by atoms with Crippen molar-refractivity contribution in [1.29, 1.82) is 0 Å². The lowest BCUT2D eigenvalue weighted by Crippen LogP contribution is -2.17. The normalized spacial score (nSPS) is 12.1. The summed E-state index contributed by atoms with van der Waals surface area (Å²) in [5.41, 5.74) is 2.15. The maximum atomic E-state index is 4.27. The van der Waals surface area contributed by atoms with E-state index in [9.17, 15) is 0 Å². The highest BCUT2D eigenvalue weighted by molar-refractivity contribution is 7.09. The molecule has 0 aliphatic rings. The number of anilines is 2. The lowest BCUT2D eigenvalue weighted by Gasteiger charge is -2.15. The van der Waals surface area contributed by atoms with E-state index in [0.29, 0.717) is 6.04 Å². The Bertz CT molecular complexity index is 482. The van der Waals surface area contributed by atoms with Gasteiger partial charge in [0.1, 0.15) is 0 Å². The quantitative estimate of drug-likeness (QED) is 0.801. The summed E-state index contributed by atoms with van der Waals surface area (Å²) >= 11 is 1.81. The summed E-state index contributed by atoms with van der Waals surface area (Å²) in [4.78, 5) is 5.68. The first-order chi connectivity index (χ1) is 9.28. The van der Waals surface area contributed by atoms with Gasteiger partial charge in [0.05, 0.1) is 23.8 Å². The number of thiophene rings is 1. The van der Waals surface area contributed by atoms with Crippen molar-refractivity contribution in [3.05, 3.63) is 40.8 Å². The molecule has 2 aromatic rings. The Balaban J connectivity index is 1.90. The first-order valence-corrected chi connectivity index (χ1v) is 7.63. The molecule has 0 aliphatic carbocycles. The van der Waals surface area contributed by atoms with Gasteiger partial charge in [-0.2, -0.15) is 0 Å².